The van der Waals surface area contributed by atoms with Crippen molar-refractivity contribution in [3.05, 3.63) is 40.6 Å². The third-order valence-electron chi connectivity index (χ3n) is 2.72. The first kappa shape index (κ1) is 13.4. The van der Waals surface area contributed by atoms with Crippen LogP contribution in [0.5, 0.6) is 5.75 Å². The summed E-state index contributed by atoms with van der Waals surface area (Å²) in [5.41, 5.74) is 6.61. The minimum atomic E-state index is -0.0612. The second kappa shape index (κ2) is 6.24. The predicted molar refractivity (Wildman–Crippen MR) is 78.4 cm³/mol. The Morgan fingerprint density at radius 3 is 2.89 bits per heavy atom. The molecule has 0 aliphatic heterocycles. The zero-order valence-electron chi connectivity index (χ0n) is 10.4. The lowest BCUT2D eigenvalue weighted by Crippen LogP contribution is -2.12. The van der Waals surface area contributed by atoms with E-state index >= 15 is 0 Å². The number of rotatable bonds is 5. The summed E-state index contributed by atoms with van der Waals surface area (Å²) < 4.78 is 0. The second-order valence-corrected chi connectivity index (χ2v) is 5.28. The zero-order valence-corrected chi connectivity index (χ0v) is 11.2. The number of benzene rings is 1. The monoisotopic (exact) mass is 276 g/mol. The molecule has 4 nitrogen and oxygen atoms in total. The zero-order chi connectivity index (χ0) is 13.7. The first-order valence-corrected chi connectivity index (χ1v) is 6.94. The third-order valence-corrected chi connectivity index (χ3v) is 3.65. The summed E-state index contributed by atoms with van der Waals surface area (Å²) in [7, 11) is 0. The van der Waals surface area contributed by atoms with Crippen LogP contribution < -0.4 is 11.1 Å². The Bertz CT molecular complexity index is 553. The Morgan fingerprint density at radius 1 is 1.37 bits per heavy atom. The van der Waals surface area contributed by atoms with Crippen molar-refractivity contribution in [1.82, 2.24) is 0 Å². The smallest absolute Gasteiger partial charge is 0.224 e. The lowest BCUT2D eigenvalue weighted by molar-refractivity contribution is -0.116. The van der Waals surface area contributed by atoms with Crippen LogP contribution in [0.2, 0.25) is 0 Å². The second-order valence-electron chi connectivity index (χ2n) is 4.25. The molecule has 0 saturated carbocycles. The van der Waals surface area contributed by atoms with Gasteiger partial charge in [-0.15, -0.1) is 11.3 Å². The van der Waals surface area contributed by atoms with Gasteiger partial charge in [-0.3, -0.25) is 4.79 Å². The number of nitrogens with two attached hydrogens (primary N) is 1. The minimum absolute atomic E-state index is 0.0612. The van der Waals surface area contributed by atoms with Gasteiger partial charge >= 0.3 is 0 Å². The summed E-state index contributed by atoms with van der Waals surface area (Å²) in [5, 5.41) is 14.0. The van der Waals surface area contributed by atoms with Gasteiger partial charge in [0.15, 0.2) is 0 Å². The van der Waals surface area contributed by atoms with E-state index in [1.54, 1.807) is 17.4 Å². The molecule has 1 amide bonds. The number of anilines is 2. The number of hydrogen-bond acceptors (Lipinski definition) is 4. The molecule has 100 valence electrons. The maximum Gasteiger partial charge on any atom is 0.224 e. The van der Waals surface area contributed by atoms with Crippen molar-refractivity contribution in [2.24, 2.45) is 0 Å². The van der Waals surface area contributed by atoms with E-state index in [1.807, 2.05) is 11.4 Å². The normalized spacial score (nSPS) is 10.3. The first-order valence-electron chi connectivity index (χ1n) is 6.06. The maximum atomic E-state index is 11.8. The van der Waals surface area contributed by atoms with Crippen molar-refractivity contribution in [2.45, 2.75) is 19.3 Å². The van der Waals surface area contributed by atoms with Gasteiger partial charge in [-0.05, 0) is 36.4 Å². The Labute approximate surface area is 115 Å². The molecule has 1 aromatic heterocycles. The van der Waals surface area contributed by atoms with Gasteiger partial charge in [0.05, 0.1) is 11.4 Å². The Hall–Kier alpha value is -2.01. The number of nitrogen functional groups attached to an aromatic ring is 1. The van der Waals surface area contributed by atoms with E-state index in [0.717, 1.165) is 12.8 Å². The summed E-state index contributed by atoms with van der Waals surface area (Å²) in [6.07, 6.45) is 2.18. The predicted octanol–water partition coefficient (Wildman–Crippen LogP) is 3.00. The fourth-order valence-electron chi connectivity index (χ4n) is 1.75. The van der Waals surface area contributed by atoms with Gasteiger partial charge in [0.1, 0.15) is 5.75 Å². The van der Waals surface area contributed by atoms with Gasteiger partial charge in [-0.1, -0.05) is 6.07 Å². The fraction of sp³-hybridized carbons (Fsp3) is 0.214. The quantitative estimate of drug-likeness (QED) is 0.580. The molecule has 4 N–H and O–H groups in total. The van der Waals surface area contributed by atoms with Gasteiger partial charge in [0.25, 0.3) is 0 Å². The molecule has 0 fully saturated rings. The minimum Gasteiger partial charge on any atom is -0.508 e. The molecule has 0 bridgehead atoms. The van der Waals surface area contributed by atoms with E-state index < -0.39 is 0 Å². The van der Waals surface area contributed by atoms with Crippen LogP contribution in [-0.2, 0) is 11.2 Å². The summed E-state index contributed by atoms with van der Waals surface area (Å²) in [6, 6.07) is 8.60. The average Bonchev–Trinajstić information content (AvgIpc) is 2.86. The molecule has 19 heavy (non-hydrogen) atoms. The standard InChI is InChI=1S/C14H16N2O2S/c15-12-9-10(17)6-7-13(12)16-14(18)5-1-3-11-4-2-8-19-11/h2,4,6-9,17H,1,3,5,15H2,(H,16,18). The van der Waals surface area contributed by atoms with Crippen molar-refractivity contribution in [3.8, 4) is 5.75 Å². The molecule has 2 rings (SSSR count). The highest BCUT2D eigenvalue weighted by Gasteiger charge is 2.06. The first-order chi connectivity index (χ1) is 9.15. The summed E-state index contributed by atoms with van der Waals surface area (Å²) in [6.45, 7) is 0. The van der Waals surface area contributed by atoms with Gasteiger partial charge in [0, 0.05) is 17.4 Å². The molecule has 1 heterocycles. The Kier molecular flexibility index (Phi) is 4.41. The third kappa shape index (κ3) is 3.99. The SMILES string of the molecule is Nc1cc(O)ccc1NC(=O)CCCc1cccs1. The summed E-state index contributed by atoms with van der Waals surface area (Å²) >= 11 is 1.70. The van der Waals surface area contributed by atoms with Crippen molar-refractivity contribution < 1.29 is 9.90 Å². The van der Waals surface area contributed by atoms with Crippen LogP contribution in [0.15, 0.2) is 35.7 Å². The lowest BCUT2D eigenvalue weighted by Gasteiger charge is -2.08. The van der Waals surface area contributed by atoms with Crippen LogP contribution in [0.1, 0.15) is 17.7 Å². The number of amides is 1. The van der Waals surface area contributed by atoms with E-state index in [9.17, 15) is 9.90 Å². The van der Waals surface area contributed by atoms with Crippen LogP contribution in [0.3, 0.4) is 0 Å². The van der Waals surface area contributed by atoms with Gasteiger partial charge in [0.2, 0.25) is 5.91 Å². The number of phenolic OH excluding ortho intramolecular Hbond substituents is 1. The van der Waals surface area contributed by atoms with Crippen LogP contribution in [-0.4, -0.2) is 11.0 Å². The number of hydrogen-bond donors (Lipinski definition) is 3. The highest BCUT2D eigenvalue weighted by Crippen LogP contribution is 2.23. The molecule has 2 aromatic rings. The topological polar surface area (TPSA) is 75.3 Å². The largest absolute Gasteiger partial charge is 0.508 e. The summed E-state index contributed by atoms with van der Waals surface area (Å²) in [5.74, 6) is 0.0298. The number of carbonyl (C=O) groups excluding carboxylic acids is 1. The molecule has 5 heteroatoms. The van der Waals surface area contributed by atoms with Crippen molar-refractivity contribution >= 4 is 28.6 Å². The number of nitrogens with one attached hydrogen (secondary N) is 1. The number of carbonyl (C=O) groups is 1. The number of phenols is 1. The molecule has 0 aliphatic rings. The highest BCUT2D eigenvalue weighted by atomic mass is 32.1. The van der Waals surface area contributed by atoms with E-state index in [-0.39, 0.29) is 11.7 Å². The van der Waals surface area contributed by atoms with Crippen molar-refractivity contribution in [2.75, 3.05) is 11.1 Å². The average molecular weight is 276 g/mol. The fourth-order valence-corrected chi connectivity index (χ4v) is 2.51. The molecule has 1 aromatic carbocycles. The molecular formula is C14H16N2O2S. The van der Waals surface area contributed by atoms with Crippen LogP contribution >= 0.6 is 11.3 Å². The van der Waals surface area contributed by atoms with Gasteiger partial charge in [-0.25, -0.2) is 0 Å². The van der Waals surface area contributed by atoms with Crippen molar-refractivity contribution in [3.63, 3.8) is 0 Å². The van der Waals surface area contributed by atoms with E-state index in [1.165, 1.54) is 17.0 Å². The van der Waals surface area contributed by atoms with E-state index in [4.69, 9.17) is 5.73 Å². The molecule has 0 aliphatic carbocycles. The molecular weight excluding hydrogens is 260 g/mol. The van der Waals surface area contributed by atoms with Crippen LogP contribution in [0, 0.1) is 0 Å². The Balaban J connectivity index is 1.80. The maximum absolute atomic E-state index is 11.8. The molecule has 0 radical (unpaired) electrons. The summed E-state index contributed by atoms with van der Waals surface area (Å²) in [4.78, 5) is 13.0. The Morgan fingerprint density at radius 2 is 2.21 bits per heavy atom. The van der Waals surface area contributed by atoms with E-state index in [0.29, 0.717) is 17.8 Å². The molecule has 0 spiro atoms. The molecule has 0 saturated heterocycles. The van der Waals surface area contributed by atoms with Crippen LogP contribution in [0.4, 0.5) is 11.4 Å². The van der Waals surface area contributed by atoms with Gasteiger partial charge in [-0.2, -0.15) is 0 Å². The van der Waals surface area contributed by atoms with Gasteiger partial charge < -0.3 is 16.2 Å². The number of aryl methyl sites for hydroxylation is 1. The molecule has 0 atom stereocenters. The highest BCUT2D eigenvalue weighted by molar-refractivity contribution is 7.09. The number of thiophene rings is 1. The van der Waals surface area contributed by atoms with Crippen LogP contribution in [0.25, 0.3) is 0 Å². The number of aromatic hydroxyl groups is 1. The van der Waals surface area contributed by atoms with Crippen molar-refractivity contribution in [1.29, 1.82) is 0 Å². The van der Waals surface area contributed by atoms with E-state index in [2.05, 4.69) is 11.4 Å². The molecule has 0 unspecified atom stereocenters. The lowest BCUT2D eigenvalue weighted by atomic mass is 10.2.